The fraction of sp³-hybridized carbons (Fsp3) is 0.0769. The number of nitrogens with one attached hydrogen (secondary N) is 1. The normalized spacial score (nSPS) is 10.9. The molecule has 1 aromatic carbocycles. The zero-order valence-corrected chi connectivity index (χ0v) is 10.6. The van der Waals surface area contributed by atoms with Crippen LogP contribution in [0, 0.1) is 0 Å². The Labute approximate surface area is 117 Å². The van der Waals surface area contributed by atoms with Gasteiger partial charge in [0.25, 0.3) is 5.91 Å². The second-order valence-electron chi connectivity index (χ2n) is 4.31. The van der Waals surface area contributed by atoms with Gasteiger partial charge in [-0.3, -0.25) is 9.59 Å². The lowest BCUT2D eigenvalue weighted by molar-refractivity contribution is -0.135. The number of aromatic nitrogens is 3. The number of carbonyl (C=O) groups excluding carboxylic acids is 1. The molecule has 21 heavy (non-hydrogen) atoms. The molecule has 0 aliphatic heterocycles. The van der Waals surface area contributed by atoms with Crippen molar-refractivity contribution in [2.45, 2.75) is 0 Å². The Bertz CT molecular complexity index is 871. The maximum absolute atomic E-state index is 12.1. The second kappa shape index (κ2) is 4.75. The number of carboxylic acid groups (broad SMARTS) is 1. The first-order chi connectivity index (χ1) is 10.1. The molecule has 8 heteroatoms. The first-order valence-corrected chi connectivity index (χ1v) is 6.03. The minimum Gasteiger partial charge on any atom is -0.505 e. The molecular weight excluding hydrogens is 276 g/mol. The topological polar surface area (TPSA) is 117 Å². The summed E-state index contributed by atoms with van der Waals surface area (Å²) in [5.41, 5.74) is 0.256. The molecule has 0 spiro atoms. The summed E-state index contributed by atoms with van der Waals surface area (Å²) in [5, 5.41) is 26.1. The molecule has 2 heterocycles. The Morgan fingerprint density at radius 2 is 1.95 bits per heavy atom. The van der Waals surface area contributed by atoms with Crippen molar-refractivity contribution in [2.75, 3.05) is 6.54 Å². The number of rotatable bonds is 3. The van der Waals surface area contributed by atoms with Crippen LogP contribution in [-0.4, -0.2) is 43.2 Å². The van der Waals surface area contributed by atoms with Gasteiger partial charge in [-0.25, -0.2) is 9.50 Å². The van der Waals surface area contributed by atoms with Gasteiger partial charge < -0.3 is 15.5 Å². The number of aliphatic carboxylic acids is 1. The highest BCUT2D eigenvalue weighted by Gasteiger charge is 2.21. The highest BCUT2D eigenvalue weighted by molar-refractivity contribution is 6.06. The first-order valence-electron chi connectivity index (χ1n) is 6.03. The van der Waals surface area contributed by atoms with Crippen LogP contribution in [0.2, 0.25) is 0 Å². The molecule has 0 radical (unpaired) electrons. The zero-order chi connectivity index (χ0) is 15.0. The van der Waals surface area contributed by atoms with Crippen LogP contribution in [0.4, 0.5) is 0 Å². The van der Waals surface area contributed by atoms with E-state index in [0.717, 1.165) is 0 Å². The fourth-order valence-corrected chi connectivity index (χ4v) is 2.14. The number of pyridine rings is 1. The summed E-state index contributed by atoms with van der Waals surface area (Å²) in [6, 6.07) is 6.89. The maximum atomic E-state index is 12.1. The van der Waals surface area contributed by atoms with Gasteiger partial charge >= 0.3 is 5.97 Å². The van der Waals surface area contributed by atoms with Crippen LogP contribution in [0.15, 0.2) is 30.6 Å². The second-order valence-corrected chi connectivity index (χ2v) is 4.31. The van der Waals surface area contributed by atoms with Crippen molar-refractivity contribution in [3.8, 4) is 5.75 Å². The molecule has 0 bridgehead atoms. The van der Waals surface area contributed by atoms with Crippen molar-refractivity contribution in [3.63, 3.8) is 0 Å². The average Bonchev–Trinajstić information content (AvgIpc) is 2.94. The van der Waals surface area contributed by atoms with Crippen LogP contribution in [0.1, 0.15) is 10.5 Å². The number of hydrogen-bond donors (Lipinski definition) is 3. The van der Waals surface area contributed by atoms with Crippen molar-refractivity contribution in [1.29, 1.82) is 0 Å². The van der Waals surface area contributed by atoms with Crippen LogP contribution < -0.4 is 5.32 Å². The smallest absolute Gasteiger partial charge is 0.322 e. The Morgan fingerprint density at radius 3 is 2.67 bits per heavy atom. The number of benzene rings is 1. The summed E-state index contributed by atoms with van der Waals surface area (Å²) >= 11 is 0. The molecular formula is C13H10N4O4. The van der Waals surface area contributed by atoms with E-state index in [0.29, 0.717) is 16.4 Å². The average molecular weight is 286 g/mol. The summed E-state index contributed by atoms with van der Waals surface area (Å²) in [6.45, 7) is -0.554. The third-order valence-electron chi connectivity index (χ3n) is 3.02. The molecule has 8 nitrogen and oxygen atoms in total. The molecule has 0 unspecified atom stereocenters. The summed E-state index contributed by atoms with van der Waals surface area (Å²) < 4.78 is 1.19. The summed E-state index contributed by atoms with van der Waals surface area (Å²) in [5.74, 6) is -2.19. The lowest BCUT2D eigenvalue weighted by Gasteiger charge is -2.10. The number of carboxylic acids is 1. The summed E-state index contributed by atoms with van der Waals surface area (Å²) in [6.07, 6.45) is 1.26. The minimum absolute atomic E-state index is 0.151. The third-order valence-corrected chi connectivity index (χ3v) is 3.02. The molecule has 0 aliphatic carbocycles. The van der Waals surface area contributed by atoms with Gasteiger partial charge in [0.05, 0.1) is 0 Å². The Hall–Kier alpha value is -3.16. The van der Waals surface area contributed by atoms with E-state index >= 15 is 0 Å². The number of aromatic hydroxyl groups is 1. The first kappa shape index (κ1) is 12.9. The lowest BCUT2D eigenvalue weighted by atomic mass is 10.1. The maximum Gasteiger partial charge on any atom is 0.322 e. The number of nitrogens with zero attached hydrogens (tertiary/aromatic N) is 3. The van der Waals surface area contributed by atoms with Crippen LogP contribution in [0.25, 0.3) is 16.4 Å². The molecule has 0 saturated heterocycles. The van der Waals surface area contributed by atoms with Gasteiger partial charge in [0, 0.05) is 10.8 Å². The summed E-state index contributed by atoms with van der Waals surface area (Å²) in [4.78, 5) is 26.7. The molecule has 3 aromatic rings. The monoisotopic (exact) mass is 286 g/mol. The van der Waals surface area contributed by atoms with Crippen LogP contribution in [0.3, 0.4) is 0 Å². The molecule has 0 fully saturated rings. The van der Waals surface area contributed by atoms with Gasteiger partial charge in [0.15, 0.2) is 17.1 Å². The van der Waals surface area contributed by atoms with Crippen molar-refractivity contribution in [1.82, 2.24) is 19.9 Å². The Morgan fingerprint density at radius 1 is 1.24 bits per heavy atom. The zero-order valence-electron chi connectivity index (χ0n) is 10.6. The molecule has 0 aliphatic rings. The highest BCUT2D eigenvalue weighted by Crippen LogP contribution is 2.30. The van der Waals surface area contributed by atoms with E-state index in [9.17, 15) is 14.7 Å². The Kier molecular flexibility index (Phi) is 2.90. The Balaban J connectivity index is 2.24. The largest absolute Gasteiger partial charge is 0.505 e. The van der Waals surface area contributed by atoms with Crippen molar-refractivity contribution < 1.29 is 19.8 Å². The quantitative estimate of drug-likeness (QED) is 0.641. The third kappa shape index (κ3) is 2.02. The molecule has 2 aromatic heterocycles. The van der Waals surface area contributed by atoms with Gasteiger partial charge in [0.1, 0.15) is 12.9 Å². The van der Waals surface area contributed by atoms with Crippen molar-refractivity contribution >= 4 is 28.3 Å². The predicted octanol–water partition coefficient (Wildman–Crippen LogP) is 0.402. The standard InChI is InChI=1S/C13H10N4O4/c18-9(19)5-14-13(21)10-11(20)7-3-1-2-4-8(7)12-15-6-16-17(10)12/h1-4,6,20H,5H2,(H,14,21)(H,18,19). The lowest BCUT2D eigenvalue weighted by Crippen LogP contribution is -2.31. The van der Waals surface area contributed by atoms with E-state index in [1.165, 1.54) is 10.8 Å². The molecule has 0 atom stereocenters. The summed E-state index contributed by atoms with van der Waals surface area (Å²) in [7, 11) is 0. The van der Waals surface area contributed by atoms with Gasteiger partial charge in [-0.15, -0.1) is 0 Å². The van der Waals surface area contributed by atoms with E-state index in [1.807, 2.05) is 0 Å². The SMILES string of the molecule is O=C(O)CNC(=O)c1c(O)c2ccccc2c2ncnn12. The van der Waals surface area contributed by atoms with Crippen molar-refractivity contribution in [2.24, 2.45) is 0 Å². The number of carbonyl (C=O) groups is 2. The predicted molar refractivity (Wildman–Crippen MR) is 72.1 cm³/mol. The number of hydrogen-bond acceptors (Lipinski definition) is 5. The van der Waals surface area contributed by atoms with E-state index in [4.69, 9.17) is 5.11 Å². The number of amides is 1. The molecule has 3 rings (SSSR count). The number of fused-ring (bicyclic) bond motifs is 3. The highest BCUT2D eigenvalue weighted by atomic mass is 16.4. The minimum atomic E-state index is -1.18. The fourth-order valence-electron chi connectivity index (χ4n) is 2.14. The van der Waals surface area contributed by atoms with Crippen LogP contribution in [0.5, 0.6) is 5.75 Å². The van der Waals surface area contributed by atoms with Gasteiger partial charge in [-0.1, -0.05) is 24.3 Å². The van der Waals surface area contributed by atoms with E-state index in [2.05, 4.69) is 15.4 Å². The van der Waals surface area contributed by atoms with E-state index in [-0.39, 0.29) is 11.4 Å². The van der Waals surface area contributed by atoms with Crippen LogP contribution in [-0.2, 0) is 4.79 Å². The van der Waals surface area contributed by atoms with Crippen molar-refractivity contribution in [3.05, 3.63) is 36.3 Å². The molecule has 1 amide bonds. The molecule has 3 N–H and O–H groups in total. The van der Waals surface area contributed by atoms with Gasteiger partial charge in [-0.2, -0.15) is 5.10 Å². The van der Waals surface area contributed by atoms with Gasteiger partial charge in [-0.05, 0) is 0 Å². The molecule has 106 valence electrons. The van der Waals surface area contributed by atoms with E-state index < -0.39 is 18.4 Å². The van der Waals surface area contributed by atoms with E-state index in [1.54, 1.807) is 24.3 Å². The molecule has 0 saturated carbocycles. The van der Waals surface area contributed by atoms with Crippen LogP contribution >= 0.6 is 0 Å². The van der Waals surface area contributed by atoms with Gasteiger partial charge in [0.2, 0.25) is 0 Å².